The summed E-state index contributed by atoms with van der Waals surface area (Å²) >= 11 is 0. The molecule has 1 aromatic carbocycles. The van der Waals surface area contributed by atoms with Crippen molar-refractivity contribution in [3.63, 3.8) is 0 Å². The third-order valence-corrected chi connectivity index (χ3v) is 4.24. The molecule has 23 heavy (non-hydrogen) atoms. The molecule has 3 rings (SSSR count). The van der Waals surface area contributed by atoms with E-state index in [0.29, 0.717) is 6.61 Å². The van der Waals surface area contributed by atoms with Crippen molar-refractivity contribution >= 4 is 0 Å². The van der Waals surface area contributed by atoms with Crippen molar-refractivity contribution in [2.75, 3.05) is 6.61 Å². The topological polar surface area (TPSA) is 33.3 Å². The highest BCUT2D eigenvalue weighted by Gasteiger charge is 2.32. The Morgan fingerprint density at radius 2 is 1.57 bits per heavy atom. The van der Waals surface area contributed by atoms with Crippen molar-refractivity contribution in [1.82, 2.24) is 0 Å². The molecule has 1 aromatic rings. The van der Waals surface area contributed by atoms with Gasteiger partial charge in [0.1, 0.15) is 22.6 Å². The molecule has 0 radical (unpaired) electrons. The molecule has 2 aliphatic rings. The summed E-state index contributed by atoms with van der Waals surface area (Å²) in [6.07, 6.45) is 0. The lowest BCUT2D eigenvalue weighted by atomic mass is 10.1. The fourth-order valence-electron chi connectivity index (χ4n) is 3.20. The number of fused-ring (bicyclic) bond motifs is 1. The van der Waals surface area contributed by atoms with Crippen molar-refractivity contribution in [3.05, 3.63) is 59.4 Å². The van der Waals surface area contributed by atoms with E-state index in [1.54, 1.807) is 6.07 Å². The second-order valence-corrected chi connectivity index (χ2v) is 5.80. The molecule has 0 unspecified atom stereocenters. The minimum absolute atomic E-state index is 0.275. The summed E-state index contributed by atoms with van der Waals surface area (Å²) in [5.41, 5.74) is 6.20. The van der Waals surface area contributed by atoms with Gasteiger partial charge in [0.05, 0.1) is 6.61 Å². The maximum Gasteiger partial charge on any atom is 0.211 e. The third kappa shape index (κ3) is 2.52. The van der Waals surface area contributed by atoms with E-state index in [-0.39, 0.29) is 5.75 Å². The number of aromatic nitrogens is 1. The molecule has 0 bridgehead atoms. The molecule has 0 saturated carbocycles. The second kappa shape index (κ2) is 5.92. The molecule has 0 spiro atoms. The molecule has 0 saturated heterocycles. The number of nitrogens with zero attached hydrogens (tertiary/aromatic N) is 1. The Bertz CT molecular complexity index is 822. The van der Waals surface area contributed by atoms with E-state index in [2.05, 4.69) is 42.7 Å². The first kappa shape index (κ1) is 15.3. The van der Waals surface area contributed by atoms with Gasteiger partial charge in [0.2, 0.25) is 5.69 Å². The van der Waals surface area contributed by atoms with Crippen LogP contribution < -0.4 is 9.30 Å². The number of aryl methyl sites for hydroxylation is 1. The van der Waals surface area contributed by atoms with Gasteiger partial charge >= 0.3 is 0 Å². The summed E-state index contributed by atoms with van der Waals surface area (Å²) in [6.45, 7) is 8.74. The van der Waals surface area contributed by atoms with Gasteiger partial charge in [-0.25, -0.2) is 0 Å². The molecule has 3 nitrogen and oxygen atoms in total. The van der Waals surface area contributed by atoms with Crippen LogP contribution in [0.3, 0.4) is 0 Å². The van der Waals surface area contributed by atoms with Crippen LogP contribution in [0.15, 0.2) is 42.5 Å². The van der Waals surface area contributed by atoms with Gasteiger partial charge in [0, 0.05) is 26.0 Å². The molecule has 1 N–H and O–H groups in total. The van der Waals surface area contributed by atoms with Gasteiger partial charge in [0.25, 0.3) is 0 Å². The van der Waals surface area contributed by atoms with Crippen LogP contribution in [0, 0.1) is 20.8 Å². The minimum Gasteiger partial charge on any atom is -0.507 e. The Morgan fingerprint density at radius 1 is 0.913 bits per heavy atom. The van der Waals surface area contributed by atoms with Gasteiger partial charge in [-0.1, -0.05) is 23.8 Å². The Balaban J connectivity index is 2.35. The van der Waals surface area contributed by atoms with Crippen molar-refractivity contribution < 1.29 is 14.4 Å². The van der Waals surface area contributed by atoms with Gasteiger partial charge in [-0.05, 0) is 26.0 Å². The molecule has 3 heteroatoms. The van der Waals surface area contributed by atoms with E-state index in [0.717, 1.165) is 34.0 Å². The highest BCUT2D eigenvalue weighted by molar-refractivity contribution is 5.79. The van der Waals surface area contributed by atoms with Crippen LogP contribution in [-0.4, -0.2) is 11.7 Å². The second-order valence-electron chi connectivity index (χ2n) is 5.80. The lowest BCUT2D eigenvalue weighted by molar-refractivity contribution is -0.604. The Morgan fingerprint density at radius 3 is 2.22 bits per heavy atom. The van der Waals surface area contributed by atoms with E-state index < -0.39 is 0 Å². The summed E-state index contributed by atoms with van der Waals surface area (Å²) in [4.78, 5) is 0. The molecule has 0 aromatic heterocycles. The number of hydrogen-bond donors (Lipinski definition) is 1. The largest absolute Gasteiger partial charge is 0.507 e. The number of benzene rings is 1. The average Bonchev–Trinajstić information content (AvgIpc) is 2.67. The molecular formula is C20H22NO2+. The van der Waals surface area contributed by atoms with Gasteiger partial charge in [-0.2, -0.15) is 4.57 Å². The lowest BCUT2D eigenvalue weighted by Crippen LogP contribution is -2.34. The number of ether oxygens (including phenoxy) is 1. The van der Waals surface area contributed by atoms with Crippen LogP contribution in [0.1, 0.15) is 23.9 Å². The van der Waals surface area contributed by atoms with Gasteiger partial charge < -0.3 is 9.84 Å². The quantitative estimate of drug-likeness (QED) is 0.739. The molecule has 1 aliphatic heterocycles. The summed E-state index contributed by atoms with van der Waals surface area (Å²) in [7, 11) is 0. The molecule has 1 heterocycles. The SMILES string of the molecule is CCOc1cccc(O)c2c(C)[n+](-c3ccc(C)cc3)c(C)c1-2. The molecule has 0 atom stereocenters. The molecule has 1 aliphatic carbocycles. The van der Waals surface area contributed by atoms with Crippen molar-refractivity contribution in [2.45, 2.75) is 27.7 Å². The molecule has 118 valence electrons. The first-order valence-electron chi connectivity index (χ1n) is 7.91. The standard InChI is InChI=1S/C20H21NO2/c1-5-23-18-8-6-7-17(22)19-14(3)21(15(4)20(18)19)16-11-9-13(2)10-12-16/h6-12H,5H2,1-4H3/p+1. The number of rotatable bonds is 3. The van der Waals surface area contributed by atoms with Crippen molar-refractivity contribution in [1.29, 1.82) is 0 Å². The molecular weight excluding hydrogens is 286 g/mol. The third-order valence-electron chi connectivity index (χ3n) is 4.24. The first-order chi connectivity index (χ1) is 11.0. The van der Waals surface area contributed by atoms with E-state index in [1.807, 2.05) is 26.0 Å². The Hall–Kier alpha value is -2.55. The van der Waals surface area contributed by atoms with Gasteiger partial charge in [0.15, 0.2) is 11.4 Å². The van der Waals surface area contributed by atoms with Crippen LogP contribution in [-0.2, 0) is 0 Å². The maximum atomic E-state index is 10.5. The summed E-state index contributed by atoms with van der Waals surface area (Å²) in [5.74, 6) is 1.08. The zero-order valence-electron chi connectivity index (χ0n) is 14.1. The smallest absolute Gasteiger partial charge is 0.211 e. The van der Waals surface area contributed by atoms with E-state index >= 15 is 0 Å². The summed E-state index contributed by atoms with van der Waals surface area (Å²) in [5, 5.41) is 10.5. The minimum atomic E-state index is 0.275. The predicted octanol–water partition coefficient (Wildman–Crippen LogP) is 4.10. The van der Waals surface area contributed by atoms with Gasteiger partial charge in [-0.15, -0.1) is 0 Å². The number of hydrogen-bond acceptors (Lipinski definition) is 2. The summed E-state index contributed by atoms with van der Waals surface area (Å²) < 4.78 is 7.99. The van der Waals surface area contributed by atoms with Crippen LogP contribution in [0.4, 0.5) is 0 Å². The zero-order valence-corrected chi connectivity index (χ0v) is 14.1. The highest BCUT2D eigenvalue weighted by atomic mass is 16.5. The highest BCUT2D eigenvalue weighted by Crippen LogP contribution is 2.41. The summed E-state index contributed by atoms with van der Waals surface area (Å²) in [6, 6.07) is 13.9. The van der Waals surface area contributed by atoms with E-state index in [1.165, 1.54) is 5.56 Å². The monoisotopic (exact) mass is 308 g/mol. The van der Waals surface area contributed by atoms with E-state index in [4.69, 9.17) is 4.74 Å². The fraction of sp³-hybridized carbons (Fsp3) is 0.250. The van der Waals surface area contributed by atoms with E-state index in [9.17, 15) is 5.11 Å². The first-order valence-corrected chi connectivity index (χ1v) is 7.91. The van der Waals surface area contributed by atoms with Gasteiger partial charge in [-0.3, -0.25) is 0 Å². The zero-order chi connectivity index (χ0) is 16.6. The Labute approximate surface area is 137 Å². The van der Waals surface area contributed by atoms with Crippen LogP contribution in [0.25, 0.3) is 16.8 Å². The fourth-order valence-corrected chi connectivity index (χ4v) is 3.20. The Kier molecular flexibility index (Phi) is 3.95. The molecule has 0 fully saturated rings. The molecule has 0 amide bonds. The van der Waals surface area contributed by atoms with Crippen molar-refractivity contribution in [2.24, 2.45) is 0 Å². The average molecular weight is 308 g/mol. The van der Waals surface area contributed by atoms with Crippen LogP contribution in [0.2, 0.25) is 0 Å². The van der Waals surface area contributed by atoms with Crippen LogP contribution >= 0.6 is 0 Å². The number of aromatic hydroxyl groups is 1. The maximum absolute atomic E-state index is 10.5. The lowest BCUT2D eigenvalue weighted by Gasteiger charge is -2.04. The normalized spacial score (nSPS) is 11.0. The van der Waals surface area contributed by atoms with Crippen LogP contribution in [0.5, 0.6) is 11.5 Å². The van der Waals surface area contributed by atoms with Crippen molar-refractivity contribution in [3.8, 4) is 28.3 Å². The predicted molar refractivity (Wildman–Crippen MR) is 91.6 cm³/mol.